The van der Waals surface area contributed by atoms with E-state index in [9.17, 15) is 9.90 Å². The fourth-order valence-electron chi connectivity index (χ4n) is 8.61. The van der Waals surface area contributed by atoms with E-state index in [1.54, 1.807) is 38.6 Å². The van der Waals surface area contributed by atoms with Crippen molar-refractivity contribution in [2.75, 3.05) is 42.6 Å². The number of thioether (sulfide) groups is 1. The molecule has 1 N–H and O–H groups in total. The number of aliphatic hydroxyl groups excluding tert-OH is 1. The Balaban J connectivity index is 1.59. The zero-order valence-corrected chi connectivity index (χ0v) is 30.7. The van der Waals surface area contributed by atoms with Crippen LogP contribution in [0.3, 0.4) is 0 Å². The maximum atomic E-state index is 15.2. The number of likely N-dealkylation sites (tertiary alicyclic amines) is 1. The fraction of sp³-hybridized carbons (Fsp3) is 0.525. The Morgan fingerprint density at radius 2 is 1.61 bits per heavy atom. The van der Waals surface area contributed by atoms with E-state index < -0.39 is 33.4 Å². The lowest BCUT2D eigenvalue weighted by atomic mass is 9.66. The summed E-state index contributed by atoms with van der Waals surface area (Å²) in [4.78, 5) is 52.5. The van der Waals surface area contributed by atoms with Crippen molar-refractivity contribution < 1.29 is 19.5 Å². The van der Waals surface area contributed by atoms with E-state index in [2.05, 4.69) is 38.8 Å². The Hall–Kier alpha value is -3.56. The van der Waals surface area contributed by atoms with E-state index in [-0.39, 0.29) is 36.8 Å². The molecule has 5 rings (SSSR count). The number of anilines is 2. The molecular weight excluding hydrogens is 633 g/mol. The first-order valence-corrected chi connectivity index (χ1v) is 18.7. The highest BCUT2D eigenvalue weighted by atomic mass is 32.2. The highest BCUT2D eigenvalue weighted by Gasteiger charge is 2.78. The molecule has 2 aromatic rings. The van der Waals surface area contributed by atoms with Gasteiger partial charge >= 0.3 is 0 Å². The molecule has 49 heavy (non-hydrogen) atoms. The predicted molar refractivity (Wildman–Crippen MR) is 201 cm³/mol. The van der Waals surface area contributed by atoms with Crippen molar-refractivity contribution in [3.63, 3.8) is 0 Å². The average molecular weight is 687 g/mol. The Morgan fingerprint density at radius 1 is 0.980 bits per heavy atom. The van der Waals surface area contributed by atoms with Crippen LogP contribution in [0.25, 0.3) is 0 Å². The van der Waals surface area contributed by atoms with Gasteiger partial charge in [0.05, 0.1) is 29.2 Å². The van der Waals surface area contributed by atoms with Crippen LogP contribution in [0, 0.1) is 17.8 Å². The van der Waals surface area contributed by atoms with Gasteiger partial charge in [-0.1, -0.05) is 62.8 Å². The number of carbonyl (C=O) groups is 3. The molecule has 1 spiro atoms. The molecule has 3 aliphatic heterocycles. The molecule has 0 aliphatic carbocycles. The maximum absolute atomic E-state index is 15.2. The molecule has 2 unspecified atom stereocenters. The lowest BCUT2D eigenvalue weighted by molar-refractivity contribution is -0.147. The zero-order valence-electron chi connectivity index (χ0n) is 29.9. The zero-order chi connectivity index (χ0) is 35.5. The summed E-state index contributed by atoms with van der Waals surface area (Å²) >= 11 is 1.67. The first-order chi connectivity index (χ1) is 23.5. The minimum Gasteiger partial charge on any atom is -0.394 e. The van der Waals surface area contributed by atoms with Crippen LogP contribution in [-0.2, 0) is 20.9 Å². The van der Waals surface area contributed by atoms with Crippen LogP contribution in [-0.4, -0.2) is 87.0 Å². The van der Waals surface area contributed by atoms with Crippen LogP contribution < -0.4 is 9.80 Å². The third-order valence-corrected chi connectivity index (χ3v) is 13.3. The van der Waals surface area contributed by atoms with E-state index in [4.69, 9.17) is 0 Å². The number of amides is 3. The molecule has 3 saturated heterocycles. The van der Waals surface area contributed by atoms with Crippen molar-refractivity contribution in [1.29, 1.82) is 0 Å². The Labute approximate surface area is 297 Å². The van der Waals surface area contributed by atoms with Crippen LogP contribution in [0.5, 0.6) is 0 Å². The molecule has 264 valence electrons. The van der Waals surface area contributed by atoms with Crippen molar-refractivity contribution >= 4 is 40.9 Å². The van der Waals surface area contributed by atoms with Crippen LogP contribution in [0.1, 0.15) is 59.4 Å². The largest absolute Gasteiger partial charge is 0.394 e. The summed E-state index contributed by atoms with van der Waals surface area (Å²) in [6.45, 7) is 20.8. The molecule has 2 bridgehead atoms. The summed E-state index contributed by atoms with van der Waals surface area (Å²) in [7, 11) is 0. The predicted octanol–water partition coefficient (Wildman–Crippen LogP) is 6.15. The fourth-order valence-corrected chi connectivity index (χ4v) is 10.9. The number of hydrogen-bond donors (Lipinski definition) is 1. The highest BCUT2D eigenvalue weighted by Crippen LogP contribution is 2.72. The maximum Gasteiger partial charge on any atom is 0.251 e. The third-order valence-electron chi connectivity index (χ3n) is 11.3. The number of nitrogens with zero attached hydrogens (tertiary/aromatic N) is 4. The van der Waals surface area contributed by atoms with Gasteiger partial charge in [0.25, 0.3) is 5.91 Å². The minimum atomic E-state index is -0.842. The molecule has 7 atom stereocenters. The third kappa shape index (κ3) is 6.45. The Bertz CT molecular complexity index is 1510. The van der Waals surface area contributed by atoms with Crippen molar-refractivity contribution in [3.05, 3.63) is 85.5 Å². The molecule has 3 aliphatic rings. The molecule has 3 amide bonds. The number of carbonyl (C=O) groups excluding carboxylic acids is 3. The summed E-state index contributed by atoms with van der Waals surface area (Å²) in [6.07, 6.45) is 5.54. The van der Waals surface area contributed by atoms with Gasteiger partial charge in [-0.05, 0) is 69.4 Å². The monoisotopic (exact) mass is 686 g/mol. The summed E-state index contributed by atoms with van der Waals surface area (Å²) in [5, 5.41) is 10.8. The number of aliphatic hydroxyl groups is 1. The summed E-state index contributed by atoms with van der Waals surface area (Å²) < 4.78 is -1.32. The van der Waals surface area contributed by atoms with Crippen LogP contribution in [0.4, 0.5) is 11.4 Å². The molecule has 3 heterocycles. The van der Waals surface area contributed by atoms with Crippen molar-refractivity contribution in [3.8, 4) is 0 Å². The first-order valence-electron chi connectivity index (χ1n) is 17.9. The van der Waals surface area contributed by atoms with Gasteiger partial charge in [0.15, 0.2) is 0 Å². The SMILES string of the molecule is C=CCN(Cc1ccccc1)C(=O)[C@@H]1[C@H]2C(=O)N([C@@H](CO)[C@@H](C)CC)C(C(=O)N(CC=C)c3ccc(N(CC)CC)cc3)C23CC[C@@]1(C)S3. The Morgan fingerprint density at radius 3 is 2.18 bits per heavy atom. The molecule has 8 nitrogen and oxygen atoms in total. The summed E-state index contributed by atoms with van der Waals surface area (Å²) in [5.41, 5.74) is 2.81. The van der Waals surface area contributed by atoms with E-state index in [0.717, 1.165) is 42.9 Å². The van der Waals surface area contributed by atoms with E-state index in [0.29, 0.717) is 19.5 Å². The Kier molecular flexibility index (Phi) is 11.3. The second-order valence-corrected chi connectivity index (χ2v) is 15.9. The molecule has 0 saturated carbocycles. The van der Waals surface area contributed by atoms with Gasteiger partial charge in [0.1, 0.15) is 6.04 Å². The highest BCUT2D eigenvalue weighted by molar-refractivity contribution is 8.02. The number of hydrogen-bond acceptors (Lipinski definition) is 6. The number of benzene rings is 2. The van der Waals surface area contributed by atoms with E-state index >= 15 is 9.59 Å². The van der Waals surface area contributed by atoms with Gasteiger partial charge in [-0.3, -0.25) is 14.4 Å². The van der Waals surface area contributed by atoms with E-state index in [1.165, 1.54) is 0 Å². The second-order valence-electron chi connectivity index (χ2n) is 14.0. The topological polar surface area (TPSA) is 84.4 Å². The molecule has 2 aromatic carbocycles. The van der Waals surface area contributed by atoms with Crippen LogP contribution >= 0.6 is 11.8 Å². The quantitative estimate of drug-likeness (QED) is 0.213. The van der Waals surface area contributed by atoms with Crippen molar-refractivity contribution in [2.45, 2.75) is 82.0 Å². The number of fused-ring (bicyclic) bond motifs is 1. The lowest BCUT2D eigenvalue weighted by Crippen LogP contribution is -2.58. The van der Waals surface area contributed by atoms with Gasteiger partial charge in [0.2, 0.25) is 11.8 Å². The van der Waals surface area contributed by atoms with Gasteiger partial charge < -0.3 is 24.7 Å². The van der Waals surface area contributed by atoms with Gasteiger partial charge in [0, 0.05) is 48.8 Å². The molecule has 9 heteroatoms. The van der Waals surface area contributed by atoms with Gasteiger partial charge in [-0.2, -0.15) is 0 Å². The minimum absolute atomic E-state index is 0.0528. The standard InChI is InChI=1S/C40H54N4O4S/c1-8-24-42(26-29-16-14-13-15-17-29)36(46)33-34-37(47)44(32(27-45)28(6)10-3)35(40(34)23-22-39(33,7)49-40)38(48)43(25-9-2)31-20-18-30(19-21-31)41(11-4)12-5/h8-9,13-21,28,32-35,45H,1-2,10-12,22-27H2,3-7H3/t28-,32-,33-,34-,35?,39+,40?/m0/s1. The summed E-state index contributed by atoms with van der Waals surface area (Å²) in [6, 6.07) is 16.5. The van der Waals surface area contributed by atoms with Crippen LogP contribution in [0.2, 0.25) is 0 Å². The molecule has 3 fully saturated rings. The average Bonchev–Trinajstić information content (AvgIpc) is 3.68. The molecular formula is C40H54N4O4S. The smallest absolute Gasteiger partial charge is 0.251 e. The first kappa shape index (κ1) is 36.7. The van der Waals surface area contributed by atoms with Crippen molar-refractivity contribution in [1.82, 2.24) is 9.80 Å². The molecule has 0 aromatic heterocycles. The van der Waals surface area contributed by atoms with Gasteiger partial charge in [-0.25, -0.2) is 0 Å². The van der Waals surface area contributed by atoms with Gasteiger partial charge in [-0.15, -0.1) is 24.9 Å². The summed E-state index contributed by atoms with van der Waals surface area (Å²) in [5.74, 6) is -1.81. The lowest BCUT2D eigenvalue weighted by Gasteiger charge is -2.41. The van der Waals surface area contributed by atoms with Crippen LogP contribution in [0.15, 0.2) is 79.9 Å². The molecule has 0 radical (unpaired) electrons. The second kappa shape index (κ2) is 15.1. The van der Waals surface area contributed by atoms with Crippen molar-refractivity contribution in [2.24, 2.45) is 17.8 Å². The van der Waals surface area contributed by atoms with E-state index in [1.807, 2.05) is 68.4 Å². The normalized spacial score (nSPS) is 26.6. The number of rotatable bonds is 16.